The minimum absolute atomic E-state index is 0.0431. The van der Waals surface area contributed by atoms with Crippen molar-refractivity contribution in [2.45, 2.75) is 18.7 Å². The van der Waals surface area contributed by atoms with Crippen LogP contribution in [0.4, 0.5) is 0 Å². The van der Waals surface area contributed by atoms with Gasteiger partial charge in [-0.05, 0) is 54.1 Å². The Morgan fingerprint density at radius 1 is 0.933 bits per heavy atom. The van der Waals surface area contributed by atoms with E-state index >= 15 is 0 Å². The zero-order valence-corrected chi connectivity index (χ0v) is 18.1. The van der Waals surface area contributed by atoms with Crippen molar-refractivity contribution >= 4 is 33.2 Å². The van der Waals surface area contributed by atoms with Crippen LogP contribution in [0.15, 0.2) is 70.2 Å². The van der Waals surface area contributed by atoms with Gasteiger partial charge in [0.1, 0.15) is 5.75 Å². The van der Waals surface area contributed by atoms with Crippen LogP contribution in [0.1, 0.15) is 35.4 Å². The van der Waals surface area contributed by atoms with E-state index in [9.17, 15) is 0 Å². The lowest BCUT2D eigenvalue weighted by molar-refractivity contribution is -0.0191. The lowest BCUT2D eigenvalue weighted by atomic mass is 9.96. The summed E-state index contributed by atoms with van der Waals surface area (Å²) in [6, 6.07) is 19.9. The van der Waals surface area contributed by atoms with Crippen molar-refractivity contribution < 1.29 is 14.2 Å². The molecule has 3 aliphatic rings. The van der Waals surface area contributed by atoms with Gasteiger partial charge >= 0.3 is 0 Å². The van der Waals surface area contributed by atoms with E-state index in [1.807, 2.05) is 53.5 Å². The highest BCUT2D eigenvalue weighted by atomic mass is 79.9. The molecule has 5 nitrogen and oxygen atoms in total. The molecule has 0 fully saturated rings. The number of benzene rings is 3. The summed E-state index contributed by atoms with van der Waals surface area (Å²) >= 11 is 9.81. The monoisotopic (exact) mass is 482 g/mol. The van der Waals surface area contributed by atoms with Crippen molar-refractivity contribution in [3.63, 3.8) is 0 Å². The summed E-state index contributed by atoms with van der Waals surface area (Å²) in [6.45, 7) is 0.240. The zero-order valence-electron chi connectivity index (χ0n) is 15.7. The Balaban J connectivity index is 1.45. The maximum absolute atomic E-state index is 6.41. The van der Waals surface area contributed by atoms with Crippen LogP contribution in [-0.2, 0) is 0 Å². The third kappa shape index (κ3) is 2.94. The molecule has 0 bridgehead atoms. The molecule has 0 spiro atoms. The largest absolute Gasteiger partial charge is 0.464 e. The van der Waals surface area contributed by atoms with Gasteiger partial charge in [-0.25, -0.2) is 5.01 Å². The number of fused-ring (bicyclic) bond motifs is 4. The van der Waals surface area contributed by atoms with Crippen molar-refractivity contribution in [3.8, 4) is 17.2 Å². The lowest BCUT2D eigenvalue weighted by Crippen LogP contribution is -2.33. The van der Waals surface area contributed by atoms with E-state index < -0.39 is 0 Å². The first-order chi connectivity index (χ1) is 14.7. The maximum atomic E-state index is 6.41. The van der Waals surface area contributed by atoms with Crippen molar-refractivity contribution in [1.29, 1.82) is 0 Å². The molecule has 0 saturated carbocycles. The number of hydrogen-bond donors (Lipinski definition) is 0. The summed E-state index contributed by atoms with van der Waals surface area (Å²) in [4.78, 5) is 0. The fourth-order valence-electron chi connectivity index (χ4n) is 4.16. The van der Waals surface area contributed by atoms with Gasteiger partial charge in [-0.3, -0.25) is 0 Å². The summed E-state index contributed by atoms with van der Waals surface area (Å²) in [5, 5.41) is 7.71. The van der Waals surface area contributed by atoms with E-state index in [4.69, 9.17) is 30.9 Å². The number of hydrogen-bond acceptors (Lipinski definition) is 5. The van der Waals surface area contributed by atoms with Crippen LogP contribution in [-0.4, -0.2) is 17.5 Å². The molecule has 0 aromatic heterocycles. The second kappa shape index (κ2) is 6.93. The van der Waals surface area contributed by atoms with E-state index in [2.05, 4.69) is 28.1 Å². The molecule has 0 unspecified atom stereocenters. The van der Waals surface area contributed by atoms with Gasteiger partial charge < -0.3 is 14.2 Å². The van der Waals surface area contributed by atoms with Gasteiger partial charge in [0.05, 0.1) is 11.8 Å². The summed E-state index contributed by atoms with van der Waals surface area (Å²) in [5.41, 5.74) is 4.14. The molecule has 0 saturated heterocycles. The minimum Gasteiger partial charge on any atom is -0.464 e. The average Bonchev–Trinajstić information content (AvgIpc) is 3.40. The molecule has 3 aromatic rings. The Morgan fingerprint density at radius 2 is 1.73 bits per heavy atom. The first kappa shape index (κ1) is 18.1. The van der Waals surface area contributed by atoms with E-state index in [0.29, 0.717) is 5.02 Å². The molecule has 3 aromatic carbocycles. The number of ether oxygens (including phenoxy) is 3. The van der Waals surface area contributed by atoms with Gasteiger partial charge in [0.15, 0.2) is 11.5 Å². The number of hydrazone groups is 1. The first-order valence-corrected chi connectivity index (χ1v) is 10.8. The predicted molar refractivity (Wildman–Crippen MR) is 117 cm³/mol. The van der Waals surface area contributed by atoms with Crippen LogP contribution in [0.2, 0.25) is 5.02 Å². The van der Waals surface area contributed by atoms with Gasteiger partial charge in [-0.2, -0.15) is 5.10 Å². The third-order valence-corrected chi connectivity index (χ3v) is 6.37. The van der Waals surface area contributed by atoms with Crippen molar-refractivity contribution in [1.82, 2.24) is 5.01 Å². The smallest absolute Gasteiger partial charge is 0.231 e. The molecule has 0 amide bonds. The van der Waals surface area contributed by atoms with Gasteiger partial charge in [-0.15, -0.1) is 0 Å². The molecular weight excluding hydrogens is 468 g/mol. The zero-order chi connectivity index (χ0) is 20.2. The van der Waals surface area contributed by atoms with Crippen LogP contribution < -0.4 is 14.2 Å². The molecule has 0 radical (unpaired) electrons. The molecule has 3 heterocycles. The number of halogens is 2. The van der Waals surface area contributed by atoms with E-state index in [-0.39, 0.29) is 19.1 Å². The van der Waals surface area contributed by atoms with Crippen molar-refractivity contribution in [2.24, 2.45) is 5.10 Å². The highest BCUT2D eigenvalue weighted by molar-refractivity contribution is 9.10. The van der Waals surface area contributed by atoms with Gasteiger partial charge in [-0.1, -0.05) is 39.7 Å². The highest BCUT2D eigenvalue weighted by Crippen LogP contribution is 2.49. The summed E-state index contributed by atoms with van der Waals surface area (Å²) in [5.74, 6) is 2.31. The second-order valence-corrected chi connectivity index (χ2v) is 8.77. The Bertz CT molecular complexity index is 1180. The quantitative estimate of drug-likeness (QED) is 0.443. The van der Waals surface area contributed by atoms with Crippen LogP contribution >= 0.6 is 27.5 Å². The molecule has 0 N–H and O–H groups in total. The molecule has 30 heavy (non-hydrogen) atoms. The fraction of sp³-hybridized carbons (Fsp3) is 0.174. The molecule has 3 aliphatic heterocycles. The van der Waals surface area contributed by atoms with Crippen molar-refractivity contribution in [2.75, 3.05) is 6.79 Å². The average molecular weight is 484 g/mol. The van der Waals surface area contributed by atoms with Crippen LogP contribution in [0, 0.1) is 0 Å². The summed E-state index contributed by atoms with van der Waals surface area (Å²) < 4.78 is 18.5. The lowest BCUT2D eigenvalue weighted by Gasteiger charge is -2.38. The Labute approximate surface area is 186 Å². The molecule has 6 rings (SSSR count). The maximum Gasteiger partial charge on any atom is 0.231 e. The summed E-state index contributed by atoms with van der Waals surface area (Å²) in [6.07, 6.45) is 0.408. The fourth-order valence-corrected chi connectivity index (χ4v) is 4.61. The van der Waals surface area contributed by atoms with E-state index in [1.54, 1.807) is 0 Å². The van der Waals surface area contributed by atoms with Gasteiger partial charge in [0, 0.05) is 27.0 Å². The number of rotatable bonds is 2. The Hall–Kier alpha value is -2.70. The van der Waals surface area contributed by atoms with Gasteiger partial charge in [0.25, 0.3) is 0 Å². The Morgan fingerprint density at radius 3 is 2.60 bits per heavy atom. The molecular formula is C23H16BrClN2O3. The molecule has 2 atom stereocenters. The number of nitrogens with zero attached hydrogens (tertiary/aromatic N) is 2. The minimum atomic E-state index is -0.369. The normalized spacial score (nSPS) is 21.0. The third-order valence-electron chi connectivity index (χ3n) is 5.61. The SMILES string of the molecule is Clc1ccc2c(c1)[C@@H]1CC(c3ccc(Br)cc3)=NN1[C@@H](c1ccc3c(c1)OCO3)O2. The second-order valence-electron chi connectivity index (χ2n) is 7.42. The summed E-state index contributed by atoms with van der Waals surface area (Å²) in [7, 11) is 0. The predicted octanol–water partition coefficient (Wildman–Crippen LogP) is 6.07. The van der Waals surface area contributed by atoms with E-state index in [0.717, 1.165) is 50.5 Å². The van der Waals surface area contributed by atoms with E-state index in [1.165, 1.54) is 0 Å². The molecule has 7 heteroatoms. The first-order valence-electron chi connectivity index (χ1n) is 9.63. The molecule has 150 valence electrons. The van der Waals surface area contributed by atoms with Crippen molar-refractivity contribution in [3.05, 3.63) is 86.8 Å². The Kier molecular flexibility index (Phi) is 4.18. The van der Waals surface area contributed by atoms with Crippen LogP contribution in [0.3, 0.4) is 0 Å². The molecule has 0 aliphatic carbocycles. The highest BCUT2D eigenvalue weighted by Gasteiger charge is 2.41. The van der Waals surface area contributed by atoms with Crippen LogP contribution in [0.5, 0.6) is 17.2 Å². The topological polar surface area (TPSA) is 43.3 Å². The van der Waals surface area contributed by atoms with Gasteiger partial charge in [0.2, 0.25) is 13.0 Å². The van der Waals surface area contributed by atoms with Crippen LogP contribution in [0.25, 0.3) is 0 Å². The standard InChI is InChI=1S/C23H16BrClN2O3/c24-15-4-1-13(2-5-15)18-11-19-17-10-16(25)6-8-20(17)30-23(27(19)26-18)14-3-7-21-22(9-14)29-12-28-21/h1-10,19,23H,11-12H2/t19-,23+/m0/s1.